The summed E-state index contributed by atoms with van der Waals surface area (Å²) in [6, 6.07) is 4.97. The first-order valence-corrected chi connectivity index (χ1v) is 7.94. The molecule has 0 spiro atoms. The van der Waals surface area contributed by atoms with Crippen LogP contribution in [0.5, 0.6) is 0 Å². The van der Waals surface area contributed by atoms with Gasteiger partial charge in [-0.05, 0) is 12.1 Å². The van der Waals surface area contributed by atoms with E-state index in [-0.39, 0.29) is 17.0 Å². The standard InChI is InChI=1S/C13H10F3N3O4S/c1-2-7-24(21,22)19-11(20)9-5-3-8(4-6-9)10-17-12(23-18-10)13(14,15)16/h2-6H,1,7H2,(H,19,20). The van der Waals surface area contributed by atoms with E-state index in [1.165, 1.54) is 24.3 Å². The molecule has 0 saturated heterocycles. The Morgan fingerprint density at radius 3 is 2.42 bits per heavy atom. The lowest BCUT2D eigenvalue weighted by Crippen LogP contribution is -2.31. The van der Waals surface area contributed by atoms with E-state index in [9.17, 15) is 26.4 Å². The Hall–Kier alpha value is -2.69. The molecule has 1 aromatic carbocycles. The van der Waals surface area contributed by atoms with Gasteiger partial charge in [0.15, 0.2) is 0 Å². The molecule has 7 nitrogen and oxygen atoms in total. The number of hydrogen-bond donors (Lipinski definition) is 1. The van der Waals surface area contributed by atoms with Crippen LogP contribution in [0.4, 0.5) is 13.2 Å². The van der Waals surface area contributed by atoms with Gasteiger partial charge < -0.3 is 4.52 Å². The Balaban J connectivity index is 2.17. The maximum atomic E-state index is 12.4. The zero-order valence-electron chi connectivity index (χ0n) is 11.9. The van der Waals surface area contributed by atoms with E-state index >= 15 is 0 Å². The third kappa shape index (κ3) is 4.19. The fourth-order valence-electron chi connectivity index (χ4n) is 1.62. The van der Waals surface area contributed by atoms with Gasteiger partial charge in [-0.2, -0.15) is 18.2 Å². The van der Waals surface area contributed by atoms with E-state index in [2.05, 4.69) is 21.2 Å². The molecule has 1 N–H and O–H groups in total. The SMILES string of the molecule is C=CCS(=O)(=O)NC(=O)c1ccc(-c2noc(C(F)(F)F)n2)cc1. The van der Waals surface area contributed by atoms with Gasteiger partial charge >= 0.3 is 12.1 Å². The average Bonchev–Trinajstić information content (AvgIpc) is 2.96. The Morgan fingerprint density at radius 1 is 1.29 bits per heavy atom. The molecule has 0 fully saturated rings. The number of nitrogens with one attached hydrogen (secondary N) is 1. The van der Waals surface area contributed by atoms with E-state index in [1.54, 1.807) is 0 Å². The van der Waals surface area contributed by atoms with Crippen molar-refractivity contribution in [3.05, 3.63) is 48.4 Å². The number of hydrogen-bond acceptors (Lipinski definition) is 6. The summed E-state index contributed by atoms with van der Waals surface area (Å²) < 4.78 is 66.0. The molecule has 128 valence electrons. The molecule has 1 aromatic heterocycles. The summed E-state index contributed by atoms with van der Waals surface area (Å²) in [5, 5.41) is 3.20. The predicted octanol–water partition coefficient (Wildman–Crippen LogP) is 2.00. The minimum Gasteiger partial charge on any atom is -0.329 e. The van der Waals surface area contributed by atoms with Crippen molar-refractivity contribution in [1.29, 1.82) is 0 Å². The van der Waals surface area contributed by atoms with Gasteiger partial charge in [0.25, 0.3) is 5.91 Å². The Bertz CT molecular complexity index is 857. The fourth-order valence-corrected chi connectivity index (χ4v) is 2.42. The lowest BCUT2D eigenvalue weighted by atomic mass is 10.1. The Morgan fingerprint density at radius 2 is 1.92 bits per heavy atom. The van der Waals surface area contributed by atoms with Gasteiger partial charge in [-0.3, -0.25) is 4.79 Å². The maximum absolute atomic E-state index is 12.4. The number of sulfonamides is 1. The van der Waals surface area contributed by atoms with Crippen LogP contribution in [0.3, 0.4) is 0 Å². The average molecular weight is 361 g/mol. The third-order valence-electron chi connectivity index (χ3n) is 2.66. The third-order valence-corrected chi connectivity index (χ3v) is 3.83. The molecular weight excluding hydrogens is 351 g/mol. The first kappa shape index (κ1) is 17.7. The Labute approximate surface area is 134 Å². The number of carbonyl (C=O) groups is 1. The summed E-state index contributed by atoms with van der Waals surface area (Å²) in [6.07, 6.45) is -3.64. The quantitative estimate of drug-likeness (QED) is 0.817. The highest BCUT2D eigenvalue weighted by molar-refractivity contribution is 7.90. The lowest BCUT2D eigenvalue weighted by molar-refractivity contribution is -0.159. The highest BCUT2D eigenvalue weighted by atomic mass is 32.2. The minimum absolute atomic E-state index is 0.00840. The summed E-state index contributed by atoms with van der Waals surface area (Å²) in [6.45, 7) is 3.26. The predicted molar refractivity (Wildman–Crippen MR) is 76.2 cm³/mol. The number of rotatable bonds is 5. The summed E-state index contributed by atoms with van der Waals surface area (Å²) in [5.74, 6) is -3.12. The van der Waals surface area contributed by atoms with Crippen LogP contribution in [0.1, 0.15) is 16.2 Å². The minimum atomic E-state index is -4.76. The van der Waals surface area contributed by atoms with Crippen molar-refractivity contribution in [1.82, 2.24) is 14.9 Å². The van der Waals surface area contributed by atoms with Crippen molar-refractivity contribution in [2.75, 3.05) is 5.75 Å². The van der Waals surface area contributed by atoms with Crippen LogP contribution in [0.25, 0.3) is 11.4 Å². The van der Waals surface area contributed by atoms with E-state index < -0.39 is 33.8 Å². The summed E-state index contributed by atoms with van der Waals surface area (Å²) in [7, 11) is -3.84. The maximum Gasteiger partial charge on any atom is 0.471 e. The van der Waals surface area contributed by atoms with Crippen molar-refractivity contribution in [2.45, 2.75) is 6.18 Å². The molecular formula is C13H10F3N3O4S. The van der Waals surface area contributed by atoms with Crippen LogP contribution in [0, 0.1) is 0 Å². The summed E-state index contributed by atoms with van der Waals surface area (Å²) in [5.41, 5.74) is 0.158. The van der Waals surface area contributed by atoms with Crippen molar-refractivity contribution >= 4 is 15.9 Å². The highest BCUT2D eigenvalue weighted by Crippen LogP contribution is 2.29. The van der Waals surface area contributed by atoms with Gasteiger partial charge in [-0.25, -0.2) is 13.1 Å². The summed E-state index contributed by atoms with van der Waals surface area (Å²) in [4.78, 5) is 15.0. The summed E-state index contributed by atoms with van der Waals surface area (Å²) >= 11 is 0. The molecule has 0 aliphatic carbocycles. The first-order valence-electron chi connectivity index (χ1n) is 6.29. The van der Waals surface area contributed by atoms with Crippen molar-refractivity contribution < 1.29 is 30.9 Å². The molecule has 1 amide bonds. The smallest absolute Gasteiger partial charge is 0.329 e. The zero-order chi connectivity index (χ0) is 18.0. The van der Waals surface area contributed by atoms with Crippen LogP contribution >= 0.6 is 0 Å². The van der Waals surface area contributed by atoms with Crippen LogP contribution in [-0.4, -0.2) is 30.2 Å². The monoisotopic (exact) mass is 361 g/mol. The first-order chi connectivity index (χ1) is 11.1. The number of halogens is 3. The van der Waals surface area contributed by atoms with Gasteiger partial charge in [-0.15, -0.1) is 6.58 Å². The molecule has 24 heavy (non-hydrogen) atoms. The van der Waals surface area contributed by atoms with Gasteiger partial charge in [-0.1, -0.05) is 23.4 Å². The normalized spacial score (nSPS) is 12.0. The molecule has 1 heterocycles. The van der Waals surface area contributed by atoms with Crippen molar-refractivity contribution in [3.8, 4) is 11.4 Å². The Kier molecular flexibility index (Phi) is 4.73. The molecule has 0 aliphatic rings. The molecule has 0 radical (unpaired) electrons. The lowest BCUT2D eigenvalue weighted by Gasteiger charge is -2.05. The zero-order valence-corrected chi connectivity index (χ0v) is 12.7. The van der Waals surface area contributed by atoms with Gasteiger partial charge in [0.05, 0.1) is 5.75 Å². The molecule has 2 aromatic rings. The number of amides is 1. The second-order valence-corrected chi connectivity index (χ2v) is 6.27. The number of alkyl halides is 3. The van der Waals surface area contributed by atoms with E-state index in [0.717, 1.165) is 6.08 Å². The molecule has 0 saturated carbocycles. The van der Waals surface area contributed by atoms with Crippen LogP contribution < -0.4 is 4.72 Å². The number of carbonyl (C=O) groups excluding carboxylic acids is 1. The van der Waals surface area contributed by atoms with Crippen molar-refractivity contribution in [3.63, 3.8) is 0 Å². The van der Waals surface area contributed by atoms with Crippen molar-refractivity contribution in [2.24, 2.45) is 0 Å². The molecule has 0 bridgehead atoms. The van der Waals surface area contributed by atoms with Gasteiger partial charge in [0.2, 0.25) is 15.8 Å². The van der Waals surface area contributed by atoms with E-state index in [1.807, 2.05) is 4.72 Å². The highest BCUT2D eigenvalue weighted by Gasteiger charge is 2.38. The van der Waals surface area contributed by atoms with Crippen LogP contribution in [0.15, 0.2) is 41.4 Å². The fraction of sp³-hybridized carbons (Fsp3) is 0.154. The van der Waals surface area contributed by atoms with E-state index in [4.69, 9.17) is 0 Å². The van der Waals surface area contributed by atoms with E-state index in [0.29, 0.717) is 0 Å². The van der Waals surface area contributed by atoms with Gasteiger partial charge in [0.1, 0.15) is 0 Å². The number of nitrogens with zero attached hydrogens (tertiary/aromatic N) is 2. The molecule has 0 unspecified atom stereocenters. The number of aromatic nitrogens is 2. The topological polar surface area (TPSA) is 102 Å². The molecule has 0 atom stereocenters. The largest absolute Gasteiger partial charge is 0.471 e. The van der Waals surface area contributed by atoms with Crippen LogP contribution in [-0.2, 0) is 16.2 Å². The molecule has 0 aliphatic heterocycles. The van der Waals surface area contributed by atoms with Crippen LogP contribution in [0.2, 0.25) is 0 Å². The second kappa shape index (κ2) is 6.43. The number of benzene rings is 1. The second-order valence-electron chi connectivity index (χ2n) is 4.50. The molecule has 11 heteroatoms. The molecule has 2 rings (SSSR count). The van der Waals surface area contributed by atoms with Gasteiger partial charge in [0, 0.05) is 11.1 Å².